The van der Waals surface area contributed by atoms with E-state index >= 15 is 0 Å². The van der Waals surface area contributed by atoms with Crippen molar-refractivity contribution in [1.29, 1.82) is 0 Å². The number of benzene rings is 2. The van der Waals surface area contributed by atoms with E-state index in [1.54, 1.807) is 21.7 Å². The van der Waals surface area contributed by atoms with Crippen LogP contribution in [0.4, 0.5) is 10.5 Å². The quantitative estimate of drug-likeness (QED) is 0.576. The van der Waals surface area contributed by atoms with Crippen LogP contribution in [0.15, 0.2) is 48.7 Å². The Balaban J connectivity index is 1.31. The van der Waals surface area contributed by atoms with E-state index < -0.39 is 0 Å². The second-order valence-corrected chi connectivity index (χ2v) is 7.19. The third kappa shape index (κ3) is 4.53. The second-order valence-electron chi connectivity index (χ2n) is 7.19. The number of rotatable bonds is 8. The molecule has 2 amide bonds. The molecule has 10 heteroatoms. The average molecular weight is 439 g/mol. The van der Waals surface area contributed by atoms with Crippen LogP contribution >= 0.6 is 0 Å². The summed E-state index contributed by atoms with van der Waals surface area (Å²) in [6, 6.07) is 12.8. The zero-order valence-electron chi connectivity index (χ0n) is 18.1. The van der Waals surface area contributed by atoms with Crippen LogP contribution in [-0.4, -0.2) is 60.3 Å². The first-order valence-electron chi connectivity index (χ1n) is 10.1. The Morgan fingerprint density at radius 1 is 1.06 bits per heavy atom. The second kappa shape index (κ2) is 9.46. The highest BCUT2D eigenvalue weighted by molar-refractivity contribution is 5.90. The Morgan fingerprint density at radius 2 is 1.75 bits per heavy atom. The number of anilines is 1. The smallest absolute Gasteiger partial charge is 0.321 e. The van der Waals surface area contributed by atoms with Crippen molar-refractivity contribution < 1.29 is 23.7 Å². The maximum atomic E-state index is 12.6. The van der Waals surface area contributed by atoms with Crippen LogP contribution in [0.5, 0.6) is 23.0 Å². The summed E-state index contributed by atoms with van der Waals surface area (Å²) in [5.41, 5.74) is 1.28. The van der Waals surface area contributed by atoms with Gasteiger partial charge in [0.1, 0.15) is 18.1 Å². The summed E-state index contributed by atoms with van der Waals surface area (Å²) in [5, 5.41) is 11.2. The Bertz CT molecular complexity index is 1040. The molecule has 0 spiro atoms. The van der Waals surface area contributed by atoms with Crippen molar-refractivity contribution in [3.8, 4) is 23.0 Å². The number of nitrogens with zero attached hydrogens (tertiary/aromatic N) is 4. The highest BCUT2D eigenvalue weighted by Gasteiger charge is 2.33. The van der Waals surface area contributed by atoms with E-state index in [0.717, 1.165) is 11.4 Å². The van der Waals surface area contributed by atoms with Gasteiger partial charge in [-0.15, -0.1) is 5.10 Å². The number of nitrogens with one attached hydrogen (secondary N) is 1. The molecule has 2 heterocycles. The lowest BCUT2D eigenvalue weighted by Crippen LogP contribution is -2.52. The van der Waals surface area contributed by atoms with Crippen LogP contribution in [0.2, 0.25) is 0 Å². The molecule has 1 N–H and O–H groups in total. The molecule has 0 atom stereocenters. The number of hydrogen-bond donors (Lipinski definition) is 1. The molecule has 0 radical (unpaired) electrons. The number of para-hydroxylation sites is 1. The molecular weight excluding hydrogens is 414 g/mol. The van der Waals surface area contributed by atoms with E-state index in [-0.39, 0.29) is 12.1 Å². The molecule has 1 aliphatic heterocycles. The number of aromatic nitrogens is 3. The third-order valence-corrected chi connectivity index (χ3v) is 5.13. The van der Waals surface area contributed by atoms with Gasteiger partial charge in [-0.2, -0.15) is 0 Å². The van der Waals surface area contributed by atoms with E-state index in [2.05, 4.69) is 15.6 Å². The molecule has 4 rings (SSSR count). The van der Waals surface area contributed by atoms with Crippen molar-refractivity contribution in [2.75, 3.05) is 39.7 Å². The van der Waals surface area contributed by atoms with E-state index in [1.165, 1.54) is 21.3 Å². The molecule has 10 nitrogen and oxygen atoms in total. The van der Waals surface area contributed by atoms with Crippen LogP contribution in [0, 0.1) is 0 Å². The third-order valence-electron chi connectivity index (χ3n) is 5.13. The van der Waals surface area contributed by atoms with Crippen LogP contribution < -0.4 is 24.3 Å². The Labute approximate surface area is 185 Å². The Kier molecular flexibility index (Phi) is 6.29. The van der Waals surface area contributed by atoms with E-state index in [9.17, 15) is 4.79 Å². The molecular formula is C22H25N5O5. The first-order chi connectivity index (χ1) is 15.6. The molecule has 1 fully saturated rings. The van der Waals surface area contributed by atoms with Crippen molar-refractivity contribution in [3.05, 3.63) is 54.4 Å². The van der Waals surface area contributed by atoms with Gasteiger partial charge in [0.2, 0.25) is 5.75 Å². The van der Waals surface area contributed by atoms with Gasteiger partial charge < -0.3 is 29.2 Å². The highest BCUT2D eigenvalue weighted by Crippen LogP contribution is 2.40. The Morgan fingerprint density at radius 3 is 2.38 bits per heavy atom. The van der Waals surface area contributed by atoms with Crippen molar-refractivity contribution in [2.45, 2.75) is 12.6 Å². The minimum absolute atomic E-state index is 0.0682. The van der Waals surface area contributed by atoms with Crippen LogP contribution in [0.1, 0.15) is 11.7 Å². The molecule has 0 aliphatic carbocycles. The summed E-state index contributed by atoms with van der Waals surface area (Å²) in [4.78, 5) is 14.3. The summed E-state index contributed by atoms with van der Waals surface area (Å²) in [7, 11) is 4.59. The number of carbonyl (C=O) groups excluding carboxylic acids is 1. The zero-order chi connectivity index (χ0) is 22.5. The predicted octanol–water partition coefficient (Wildman–Crippen LogP) is 2.97. The average Bonchev–Trinajstić information content (AvgIpc) is 3.25. The van der Waals surface area contributed by atoms with Gasteiger partial charge in [-0.05, 0) is 12.1 Å². The molecule has 32 heavy (non-hydrogen) atoms. The van der Waals surface area contributed by atoms with Crippen molar-refractivity contribution in [1.82, 2.24) is 19.9 Å². The van der Waals surface area contributed by atoms with Gasteiger partial charge in [-0.1, -0.05) is 23.4 Å². The van der Waals surface area contributed by atoms with Crippen molar-refractivity contribution >= 4 is 11.7 Å². The summed E-state index contributed by atoms with van der Waals surface area (Å²) >= 11 is 0. The number of urea groups is 1. The molecule has 1 saturated heterocycles. The normalized spacial score (nSPS) is 13.3. The molecule has 2 aromatic carbocycles. The first-order valence-corrected chi connectivity index (χ1v) is 10.1. The number of likely N-dealkylation sites (tertiary alicyclic amines) is 1. The maximum absolute atomic E-state index is 12.6. The van der Waals surface area contributed by atoms with Crippen LogP contribution in [-0.2, 0) is 6.61 Å². The Hall–Kier alpha value is -3.95. The monoisotopic (exact) mass is 439 g/mol. The molecule has 1 aliphatic rings. The first kappa shape index (κ1) is 21.3. The molecule has 0 bridgehead atoms. The summed E-state index contributed by atoms with van der Waals surface area (Å²) < 4.78 is 23.4. The number of carbonyl (C=O) groups is 1. The lowest BCUT2D eigenvalue weighted by atomic mass is 10.1. The minimum atomic E-state index is -0.219. The zero-order valence-corrected chi connectivity index (χ0v) is 18.1. The van der Waals surface area contributed by atoms with E-state index in [4.69, 9.17) is 18.9 Å². The fourth-order valence-corrected chi connectivity index (χ4v) is 3.38. The van der Waals surface area contributed by atoms with Crippen molar-refractivity contribution in [3.63, 3.8) is 0 Å². The largest absolute Gasteiger partial charge is 0.493 e. The van der Waals surface area contributed by atoms with Gasteiger partial charge in [0, 0.05) is 25.2 Å². The van der Waals surface area contributed by atoms with E-state index in [1.807, 2.05) is 36.5 Å². The summed E-state index contributed by atoms with van der Waals surface area (Å²) in [6.45, 7) is 1.39. The van der Waals surface area contributed by atoms with Gasteiger partial charge in [0.15, 0.2) is 11.5 Å². The van der Waals surface area contributed by atoms with Gasteiger partial charge >= 0.3 is 6.03 Å². The number of amides is 2. The lowest BCUT2D eigenvalue weighted by molar-refractivity contribution is 0.127. The molecule has 1 aromatic heterocycles. The maximum Gasteiger partial charge on any atom is 0.321 e. The fraction of sp³-hybridized carbons (Fsp3) is 0.318. The van der Waals surface area contributed by atoms with Gasteiger partial charge in [-0.25, -0.2) is 9.48 Å². The van der Waals surface area contributed by atoms with Gasteiger partial charge in [0.05, 0.1) is 39.3 Å². The molecule has 168 valence electrons. The van der Waals surface area contributed by atoms with Gasteiger partial charge in [-0.3, -0.25) is 0 Å². The standard InChI is InChI=1S/C22H25N5O5/c1-29-19-9-15(10-20(30-2)21(19)31-3)23-22(28)26-12-17(13-26)27-11-16(24-25-27)14-32-18-7-5-4-6-8-18/h4-11,17H,12-14H2,1-3H3,(H,23,28). The predicted molar refractivity (Wildman–Crippen MR) is 117 cm³/mol. The number of ether oxygens (including phenoxy) is 4. The lowest BCUT2D eigenvalue weighted by Gasteiger charge is -2.38. The number of hydrogen-bond acceptors (Lipinski definition) is 7. The molecule has 0 unspecified atom stereocenters. The SMILES string of the molecule is COc1cc(NC(=O)N2CC(n3cc(COc4ccccc4)nn3)C2)cc(OC)c1OC. The number of methoxy groups -OCH3 is 3. The fourth-order valence-electron chi connectivity index (χ4n) is 3.38. The van der Waals surface area contributed by atoms with Crippen molar-refractivity contribution in [2.24, 2.45) is 0 Å². The molecule has 3 aromatic rings. The van der Waals surface area contributed by atoms with Crippen LogP contribution in [0.25, 0.3) is 0 Å². The summed E-state index contributed by atoms with van der Waals surface area (Å²) in [6.07, 6.45) is 1.85. The topological polar surface area (TPSA) is 100.0 Å². The molecule has 0 saturated carbocycles. The highest BCUT2D eigenvalue weighted by atomic mass is 16.5. The van der Waals surface area contributed by atoms with E-state index in [0.29, 0.717) is 42.6 Å². The summed E-state index contributed by atoms with van der Waals surface area (Å²) in [5.74, 6) is 2.18. The minimum Gasteiger partial charge on any atom is -0.493 e. The van der Waals surface area contributed by atoms with Crippen LogP contribution in [0.3, 0.4) is 0 Å². The van der Waals surface area contributed by atoms with Gasteiger partial charge in [0.25, 0.3) is 0 Å².